The van der Waals surface area contributed by atoms with Crippen LogP contribution < -0.4 is 0 Å². The number of rotatable bonds is 6. The number of para-hydroxylation sites is 3. The summed E-state index contributed by atoms with van der Waals surface area (Å²) in [5, 5.41) is 4.73. The van der Waals surface area contributed by atoms with Crippen molar-refractivity contribution in [3.63, 3.8) is 0 Å². The molecule has 0 N–H and O–H groups in total. The number of furan rings is 1. The molecule has 2 heteroatoms. The van der Waals surface area contributed by atoms with Crippen molar-refractivity contribution >= 4 is 43.7 Å². The Morgan fingerprint density at radius 2 is 0.786 bits per heavy atom. The Morgan fingerprint density at radius 1 is 0.286 bits per heavy atom. The Labute approximate surface area is 325 Å². The summed E-state index contributed by atoms with van der Waals surface area (Å²) in [4.78, 5) is 0. The van der Waals surface area contributed by atoms with Gasteiger partial charge in [-0.25, -0.2) is 0 Å². The highest BCUT2D eigenvalue weighted by Crippen LogP contribution is 2.41. The molecule has 0 aliphatic rings. The van der Waals surface area contributed by atoms with Crippen LogP contribution >= 0.6 is 0 Å². The molecule has 0 atom stereocenters. The molecule has 56 heavy (non-hydrogen) atoms. The van der Waals surface area contributed by atoms with Gasteiger partial charge in [0, 0.05) is 32.8 Å². The minimum Gasteiger partial charge on any atom is -0.455 e. The smallest absolute Gasteiger partial charge is 0.143 e. The third-order valence-corrected chi connectivity index (χ3v) is 11.2. The van der Waals surface area contributed by atoms with E-state index in [0.29, 0.717) is 0 Å². The average molecular weight is 714 g/mol. The molecule has 9 aromatic carbocycles. The fourth-order valence-corrected chi connectivity index (χ4v) is 8.44. The summed E-state index contributed by atoms with van der Waals surface area (Å²) in [7, 11) is 0. The number of aromatic nitrogens is 1. The van der Waals surface area contributed by atoms with E-state index in [1.807, 2.05) is 6.07 Å². The molecular formula is C54H35NO. The van der Waals surface area contributed by atoms with Gasteiger partial charge in [0.1, 0.15) is 11.2 Å². The van der Waals surface area contributed by atoms with E-state index >= 15 is 0 Å². The summed E-state index contributed by atoms with van der Waals surface area (Å²) in [5.74, 6) is 0. The summed E-state index contributed by atoms with van der Waals surface area (Å²) < 4.78 is 8.99. The predicted octanol–water partition coefficient (Wildman–Crippen LogP) is 15.0. The van der Waals surface area contributed by atoms with Crippen LogP contribution in [-0.2, 0) is 0 Å². The van der Waals surface area contributed by atoms with E-state index < -0.39 is 0 Å². The maximum absolute atomic E-state index is 6.58. The SMILES string of the molecule is c1ccc(-c2ccc(-c3cc(-c4ccc5c6ccccc6n(-c6ccc(-c7ccccc7)cc6)c5c4)cc(-c4cccc5c4oc4ccccc45)c3)cc2)cc1. The number of hydrogen-bond acceptors (Lipinski definition) is 1. The molecule has 0 radical (unpaired) electrons. The monoisotopic (exact) mass is 713 g/mol. The Hall–Kier alpha value is -7.42. The molecule has 2 aromatic heterocycles. The lowest BCUT2D eigenvalue weighted by Crippen LogP contribution is -1.94. The van der Waals surface area contributed by atoms with Crippen molar-refractivity contribution in [2.75, 3.05) is 0 Å². The highest BCUT2D eigenvalue weighted by atomic mass is 16.3. The van der Waals surface area contributed by atoms with Gasteiger partial charge in [0.25, 0.3) is 0 Å². The molecule has 0 aliphatic heterocycles. The van der Waals surface area contributed by atoms with Gasteiger partial charge in [-0.15, -0.1) is 0 Å². The zero-order valence-corrected chi connectivity index (χ0v) is 30.6. The summed E-state index contributed by atoms with van der Waals surface area (Å²) in [6, 6.07) is 76.5. The molecule has 0 bridgehead atoms. The molecule has 11 rings (SSSR count). The highest BCUT2D eigenvalue weighted by Gasteiger charge is 2.17. The number of nitrogens with zero attached hydrogens (tertiary/aromatic N) is 1. The van der Waals surface area contributed by atoms with Gasteiger partial charge in [-0.2, -0.15) is 0 Å². The fraction of sp³-hybridized carbons (Fsp3) is 0. The Morgan fingerprint density at radius 3 is 1.50 bits per heavy atom. The quantitative estimate of drug-likeness (QED) is 0.168. The Bertz CT molecular complexity index is 3210. The average Bonchev–Trinajstić information content (AvgIpc) is 3.83. The van der Waals surface area contributed by atoms with Crippen LogP contribution in [0.5, 0.6) is 0 Å². The van der Waals surface area contributed by atoms with E-state index in [1.54, 1.807) is 0 Å². The lowest BCUT2D eigenvalue weighted by atomic mass is 9.91. The minimum atomic E-state index is 0.901. The van der Waals surface area contributed by atoms with E-state index in [9.17, 15) is 0 Å². The molecule has 0 saturated carbocycles. The van der Waals surface area contributed by atoms with Crippen LogP contribution in [0.1, 0.15) is 0 Å². The third kappa shape index (κ3) is 5.42. The van der Waals surface area contributed by atoms with Crippen molar-refractivity contribution in [3.05, 3.63) is 212 Å². The second kappa shape index (κ2) is 13.2. The second-order valence-electron chi connectivity index (χ2n) is 14.5. The molecule has 0 saturated heterocycles. The van der Waals surface area contributed by atoms with Gasteiger partial charge in [-0.05, 0) is 98.6 Å². The summed E-state index contributed by atoms with van der Waals surface area (Å²) in [5.41, 5.74) is 17.0. The van der Waals surface area contributed by atoms with Crippen LogP contribution in [-0.4, -0.2) is 4.57 Å². The van der Waals surface area contributed by atoms with Crippen molar-refractivity contribution in [2.24, 2.45) is 0 Å². The predicted molar refractivity (Wildman–Crippen MR) is 235 cm³/mol. The molecule has 2 nitrogen and oxygen atoms in total. The third-order valence-electron chi connectivity index (χ3n) is 11.2. The van der Waals surface area contributed by atoms with E-state index in [0.717, 1.165) is 55.4 Å². The first-order chi connectivity index (χ1) is 27.7. The minimum absolute atomic E-state index is 0.901. The summed E-state index contributed by atoms with van der Waals surface area (Å²) in [6.45, 7) is 0. The zero-order valence-electron chi connectivity index (χ0n) is 30.6. The van der Waals surface area contributed by atoms with E-state index in [4.69, 9.17) is 4.42 Å². The lowest BCUT2D eigenvalue weighted by molar-refractivity contribution is 0.670. The van der Waals surface area contributed by atoms with Crippen molar-refractivity contribution in [2.45, 2.75) is 0 Å². The van der Waals surface area contributed by atoms with Gasteiger partial charge in [-0.3, -0.25) is 0 Å². The standard InChI is InChI=1S/C54H35NO/c1-3-12-36(13-4-1)38-22-24-40(25-23-38)42-32-43(34-44(33-42)46-18-11-19-50-49-17-8-10-21-53(49)56-54(46)50)41-28-31-48-47-16-7-9-20-51(47)55(52(48)35-41)45-29-26-39(27-30-45)37-14-5-2-6-15-37/h1-35H. The van der Waals surface area contributed by atoms with Crippen LogP contribution in [0.3, 0.4) is 0 Å². The molecule has 0 aliphatic carbocycles. The molecule has 11 aromatic rings. The Kier molecular flexibility index (Phi) is 7.53. The van der Waals surface area contributed by atoms with Gasteiger partial charge in [0.2, 0.25) is 0 Å². The molecule has 0 unspecified atom stereocenters. The van der Waals surface area contributed by atoms with E-state index in [2.05, 4.69) is 211 Å². The van der Waals surface area contributed by atoms with Crippen LogP contribution in [0.25, 0.3) is 105 Å². The lowest BCUT2D eigenvalue weighted by Gasteiger charge is -2.13. The van der Waals surface area contributed by atoms with Crippen LogP contribution in [0, 0.1) is 0 Å². The number of hydrogen-bond donors (Lipinski definition) is 0. The van der Waals surface area contributed by atoms with Crippen LogP contribution in [0.2, 0.25) is 0 Å². The van der Waals surface area contributed by atoms with Crippen molar-refractivity contribution in [1.82, 2.24) is 4.57 Å². The first-order valence-corrected chi connectivity index (χ1v) is 19.2. The maximum Gasteiger partial charge on any atom is 0.143 e. The molecule has 262 valence electrons. The largest absolute Gasteiger partial charge is 0.455 e. The highest BCUT2D eigenvalue weighted by molar-refractivity contribution is 6.11. The second-order valence-corrected chi connectivity index (χ2v) is 14.5. The normalized spacial score (nSPS) is 11.6. The van der Waals surface area contributed by atoms with Gasteiger partial charge in [-0.1, -0.05) is 164 Å². The first-order valence-electron chi connectivity index (χ1n) is 19.2. The van der Waals surface area contributed by atoms with Gasteiger partial charge >= 0.3 is 0 Å². The van der Waals surface area contributed by atoms with Crippen molar-refractivity contribution in [1.29, 1.82) is 0 Å². The van der Waals surface area contributed by atoms with E-state index in [-0.39, 0.29) is 0 Å². The maximum atomic E-state index is 6.58. The van der Waals surface area contributed by atoms with Crippen molar-refractivity contribution < 1.29 is 4.42 Å². The van der Waals surface area contributed by atoms with E-state index in [1.165, 1.54) is 49.6 Å². The fourth-order valence-electron chi connectivity index (χ4n) is 8.44. The summed E-state index contributed by atoms with van der Waals surface area (Å²) >= 11 is 0. The Balaban J connectivity index is 1.10. The first kappa shape index (κ1) is 32.0. The van der Waals surface area contributed by atoms with Gasteiger partial charge in [0.15, 0.2) is 0 Å². The summed E-state index contributed by atoms with van der Waals surface area (Å²) in [6.07, 6.45) is 0. The number of fused-ring (bicyclic) bond motifs is 6. The zero-order chi connectivity index (χ0) is 37.0. The molecule has 0 fully saturated rings. The molecule has 0 spiro atoms. The van der Waals surface area contributed by atoms with Crippen LogP contribution in [0.15, 0.2) is 217 Å². The van der Waals surface area contributed by atoms with Crippen molar-refractivity contribution in [3.8, 4) is 61.3 Å². The van der Waals surface area contributed by atoms with Gasteiger partial charge in [0.05, 0.1) is 11.0 Å². The molecule has 0 amide bonds. The van der Waals surface area contributed by atoms with Gasteiger partial charge < -0.3 is 8.98 Å². The molecule has 2 heterocycles. The topological polar surface area (TPSA) is 18.1 Å². The van der Waals surface area contributed by atoms with Crippen LogP contribution in [0.4, 0.5) is 0 Å². The number of benzene rings is 9. The molecular weight excluding hydrogens is 679 g/mol.